The molecule has 2 aromatic carbocycles. The van der Waals surface area contributed by atoms with Crippen LogP contribution in [0.1, 0.15) is 28.9 Å². The highest BCUT2D eigenvalue weighted by atomic mass is 16.3. The molecule has 1 heterocycles. The van der Waals surface area contributed by atoms with Gasteiger partial charge in [0.1, 0.15) is 0 Å². The summed E-state index contributed by atoms with van der Waals surface area (Å²) in [4.78, 5) is 16.0. The maximum atomic E-state index is 11.4. The number of carbonyl (C=O) groups is 1. The third-order valence-corrected chi connectivity index (χ3v) is 4.63. The second kappa shape index (κ2) is 7.60. The summed E-state index contributed by atoms with van der Waals surface area (Å²) < 4.78 is 0. The van der Waals surface area contributed by atoms with Gasteiger partial charge in [0.05, 0.1) is 6.10 Å². The monoisotopic (exact) mass is 324 g/mol. The van der Waals surface area contributed by atoms with Crippen molar-refractivity contribution in [2.24, 2.45) is 0 Å². The van der Waals surface area contributed by atoms with Gasteiger partial charge >= 0.3 is 0 Å². The van der Waals surface area contributed by atoms with Crippen LogP contribution in [0.5, 0.6) is 0 Å². The van der Waals surface area contributed by atoms with Crippen molar-refractivity contribution >= 4 is 11.5 Å². The second-order valence-corrected chi connectivity index (χ2v) is 6.32. The largest absolute Gasteiger partial charge is 0.387 e. The number of hydrogen-bond donors (Lipinski definition) is 1. The number of carbonyl (C=O) groups excluding carboxylic acids is 1. The van der Waals surface area contributed by atoms with Crippen LogP contribution in [-0.2, 0) is 0 Å². The highest BCUT2D eigenvalue weighted by Crippen LogP contribution is 2.19. The normalized spacial score (nSPS) is 16.8. The van der Waals surface area contributed by atoms with Crippen LogP contribution in [0, 0.1) is 0 Å². The fourth-order valence-corrected chi connectivity index (χ4v) is 3.12. The van der Waals surface area contributed by atoms with Gasteiger partial charge in [0.15, 0.2) is 5.78 Å². The molecule has 4 heteroatoms. The van der Waals surface area contributed by atoms with Gasteiger partial charge in [-0.05, 0) is 36.8 Å². The van der Waals surface area contributed by atoms with E-state index in [1.165, 1.54) is 0 Å². The molecule has 1 N–H and O–H groups in total. The Balaban J connectivity index is 1.53. The molecule has 1 atom stereocenters. The van der Waals surface area contributed by atoms with E-state index in [4.69, 9.17) is 0 Å². The lowest BCUT2D eigenvalue weighted by Crippen LogP contribution is -2.47. The molecule has 0 radical (unpaired) electrons. The number of benzene rings is 2. The van der Waals surface area contributed by atoms with Gasteiger partial charge in [0, 0.05) is 44.0 Å². The minimum Gasteiger partial charge on any atom is -0.387 e. The summed E-state index contributed by atoms with van der Waals surface area (Å²) in [5.41, 5.74) is 2.88. The molecule has 0 bridgehead atoms. The molecule has 1 aliphatic rings. The molecule has 0 unspecified atom stereocenters. The van der Waals surface area contributed by atoms with Crippen LogP contribution in [0.3, 0.4) is 0 Å². The number of aliphatic hydroxyl groups excluding tert-OH is 1. The van der Waals surface area contributed by atoms with E-state index >= 15 is 0 Å². The predicted octanol–water partition coefficient (Wildman–Crippen LogP) is 2.74. The van der Waals surface area contributed by atoms with E-state index < -0.39 is 6.10 Å². The minimum atomic E-state index is -0.437. The SMILES string of the molecule is CC(=O)c1ccc(N2CCN(C[C@H](O)c3ccccc3)CC2)cc1. The Morgan fingerprint density at radius 2 is 1.62 bits per heavy atom. The zero-order valence-electron chi connectivity index (χ0n) is 14.1. The summed E-state index contributed by atoms with van der Waals surface area (Å²) in [6.45, 7) is 5.98. The topological polar surface area (TPSA) is 43.8 Å². The number of β-amino-alcohol motifs (C(OH)–C–C–N with tert-alkyl or cyclic N) is 1. The Labute approximate surface area is 143 Å². The van der Waals surface area contributed by atoms with Crippen molar-refractivity contribution < 1.29 is 9.90 Å². The third kappa shape index (κ3) is 4.02. The molecule has 4 nitrogen and oxygen atoms in total. The van der Waals surface area contributed by atoms with Crippen molar-refractivity contribution in [1.29, 1.82) is 0 Å². The highest BCUT2D eigenvalue weighted by molar-refractivity contribution is 5.94. The van der Waals surface area contributed by atoms with E-state index in [0.29, 0.717) is 6.54 Å². The van der Waals surface area contributed by atoms with Crippen molar-refractivity contribution in [2.75, 3.05) is 37.6 Å². The maximum Gasteiger partial charge on any atom is 0.159 e. The number of aliphatic hydroxyl groups is 1. The first-order chi connectivity index (χ1) is 11.6. The van der Waals surface area contributed by atoms with E-state index in [-0.39, 0.29) is 5.78 Å². The van der Waals surface area contributed by atoms with Crippen LogP contribution in [0.4, 0.5) is 5.69 Å². The number of piperazine rings is 1. The summed E-state index contributed by atoms with van der Waals surface area (Å²) in [5, 5.41) is 10.4. The van der Waals surface area contributed by atoms with Gasteiger partial charge in [0.2, 0.25) is 0 Å². The number of Topliss-reactive ketones (excluding diaryl/α,β-unsaturated/α-hetero) is 1. The van der Waals surface area contributed by atoms with Gasteiger partial charge in [-0.1, -0.05) is 30.3 Å². The number of anilines is 1. The quantitative estimate of drug-likeness (QED) is 0.859. The molecule has 126 valence electrons. The molecule has 3 rings (SSSR count). The summed E-state index contributed by atoms with van der Waals surface area (Å²) >= 11 is 0. The van der Waals surface area contributed by atoms with E-state index in [9.17, 15) is 9.90 Å². The first-order valence-electron chi connectivity index (χ1n) is 8.45. The maximum absolute atomic E-state index is 11.4. The van der Waals surface area contributed by atoms with E-state index in [0.717, 1.165) is 43.0 Å². The molecule has 1 fully saturated rings. The fourth-order valence-electron chi connectivity index (χ4n) is 3.12. The van der Waals surface area contributed by atoms with Crippen LogP contribution in [0.15, 0.2) is 54.6 Å². The Kier molecular flexibility index (Phi) is 5.28. The summed E-state index contributed by atoms with van der Waals surface area (Å²) in [6, 6.07) is 17.6. The Hall–Kier alpha value is -2.17. The van der Waals surface area contributed by atoms with Crippen LogP contribution in [-0.4, -0.2) is 48.5 Å². The molecule has 1 saturated heterocycles. The molecule has 0 aromatic heterocycles. The molecule has 0 spiro atoms. The number of rotatable bonds is 5. The predicted molar refractivity (Wildman–Crippen MR) is 96.5 cm³/mol. The van der Waals surface area contributed by atoms with Crippen LogP contribution in [0.2, 0.25) is 0 Å². The fraction of sp³-hybridized carbons (Fsp3) is 0.350. The lowest BCUT2D eigenvalue weighted by molar-refractivity contribution is 0.101. The van der Waals surface area contributed by atoms with Crippen LogP contribution >= 0.6 is 0 Å². The lowest BCUT2D eigenvalue weighted by atomic mass is 10.1. The highest BCUT2D eigenvalue weighted by Gasteiger charge is 2.20. The summed E-state index contributed by atoms with van der Waals surface area (Å²) in [5.74, 6) is 0.0984. The molecule has 0 aliphatic carbocycles. The van der Waals surface area contributed by atoms with E-state index in [2.05, 4.69) is 9.80 Å². The standard InChI is InChI=1S/C20H24N2O2/c1-16(23)17-7-9-19(10-8-17)22-13-11-21(12-14-22)15-20(24)18-5-3-2-4-6-18/h2-10,20,24H,11-15H2,1H3/t20-/m0/s1. The number of ketones is 1. The van der Waals surface area contributed by atoms with Gasteiger partial charge in [0.25, 0.3) is 0 Å². The Morgan fingerprint density at radius 1 is 1.00 bits per heavy atom. The van der Waals surface area contributed by atoms with Crippen molar-refractivity contribution in [2.45, 2.75) is 13.0 Å². The van der Waals surface area contributed by atoms with Gasteiger partial charge in [-0.15, -0.1) is 0 Å². The average molecular weight is 324 g/mol. The molecular formula is C20H24N2O2. The first-order valence-corrected chi connectivity index (χ1v) is 8.45. The van der Waals surface area contributed by atoms with Crippen molar-refractivity contribution in [3.63, 3.8) is 0 Å². The van der Waals surface area contributed by atoms with Crippen LogP contribution < -0.4 is 4.90 Å². The van der Waals surface area contributed by atoms with Gasteiger partial charge in [-0.3, -0.25) is 9.69 Å². The van der Waals surface area contributed by atoms with Crippen molar-refractivity contribution in [3.05, 3.63) is 65.7 Å². The molecule has 0 saturated carbocycles. The molecule has 24 heavy (non-hydrogen) atoms. The summed E-state index contributed by atoms with van der Waals surface area (Å²) in [6.07, 6.45) is -0.437. The minimum absolute atomic E-state index is 0.0984. The van der Waals surface area contributed by atoms with Crippen LogP contribution in [0.25, 0.3) is 0 Å². The molecule has 0 amide bonds. The average Bonchev–Trinajstić information content (AvgIpc) is 2.63. The van der Waals surface area contributed by atoms with Gasteiger partial charge < -0.3 is 10.0 Å². The summed E-state index contributed by atoms with van der Waals surface area (Å²) in [7, 11) is 0. The second-order valence-electron chi connectivity index (χ2n) is 6.32. The van der Waals surface area contributed by atoms with E-state index in [1.807, 2.05) is 54.6 Å². The Bertz CT molecular complexity index is 662. The van der Waals surface area contributed by atoms with Gasteiger partial charge in [-0.2, -0.15) is 0 Å². The van der Waals surface area contributed by atoms with Crippen molar-refractivity contribution in [1.82, 2.24) is 4.90 Å². The number of hydrogen-bond acceptors (Lipinski definition) is 4. The van der Waals surface area contributed by atoms with Gasteiger partial charge in [-0.25, -0.2) is 0 Å². The molecular weight excluding hydrogens is 300 g/mol. The first kappa shape index (κ1) is 16.7. The third-order valence-electron chi connectivity index (χ3n) is 4.63. The molecule has 2 aromatic rings. The Morgan fingerprint density at radius 3 is 2.21 bits per heavy atom. The van der Waals surface area contributed by atoms with Crippen molar-refractivity contribution in [3.8, 4) is 0 Å². The zero-order chi connectivity index (χ0) is 16.9. The zero-order valence-corrected chi connectivity index (χ0v) is 14.1. The lowest BCUT2D eigenvalue weighted by Gasteiger charge is -2.37. The molecule has 1 aliphatic heterocycles. The van der Waals surface area contributed by atoms with E-state index in [1.54, 1.807) is 6.92 Å². The number of nitrogens with zero attached hydrogens (tertiary/aromatic N) is 2. The smallest absolute Gasteiger partial charge is 0.159 e.